The second-order valence-corrected chi connectivity index (χ2v) is 5.17. The summed E-state index contributed by atoms with van der Waals surface area (Å²) in [5.41, 5.74) is 1.49. The van der Waals surface area contributed by atoms with Crippen molar-refractivity contribution in [2.24, 2.45) is 0 Å². The maximum Gasteiger partial charge on any atom is 0.253 e. The van der Waals surface area contributed by atoms with Crippen LogP contribution in [0.5, 0.6) is 11.5 Å². The molecule has 2 heterocycles. The number of ether oxygens (including phenoxy) is 2. The van der Waals surface area contributed by atoms with E-state index in [-0.39, 0.29) is 12.7 Å². The van der Waals surface area contributed by atoms with E-state index in [9.17, 15) is 4.79 Å². The van der Waals surface area contributed by atoms with Gasteiger partial charge >= 0.3 is 0 Å². The molecule has 0 aliphatic carbocycles. The van der Waals surface area contributed by atoms with E-state index in [1.165, 1.54) is 0 Å². The SMILES string of the molecule is CN(C)c1ccc(C(=O)NCc2ccc3c(c2)OCO3)cn1. The van der Waals surface area contributed by atoms with Crippen LogP contribution in [0.4, 0.5) is 5.82 Å². The quantitative estimate of drug-likeness (QED) is 0.933. The molecule has 0 spiro atoms. The zero-order valence-corrected chi connectivity index (χ0v) is 12.5. The minimum Gasteiger partial charge on any atom is -0.454 e. The Balaban J connectivity index is 1.62. The third-order valence-corrected chi connectivity index (χ3v) is 3.36. The third kappa shape index (κ3) is 2.95. The predicted octanol–water partition coefficient (Wildman–Crippen LogP) is 1.81. The van der Waals surface area contributed by atoms with Gasteiger partial charge in [-0.1, -0.05) is 6.07 Å². The first-order valence-corrected chi connectivity index (χ1v) is 6.93. The lowest BCUT2D eigenvalue weighted by Crippen LogP contribution is -2.23. The molecular weight excluding hydrogens is 282 g/mol. The van der Waals surface area contributed by atoms with Crippen molar-refractivity contribution in [1.82, 2.24) is 10.3 Å². The summed E-state index contributed by atoms with van der Waals surface area (Å²) >= 11 is 0. The summed E-state index contributed by atoms with van der Waals surface area (Å²) in [6.45, 7) is 0.667. The number of carbonyl (C=O) groups is 1. The Morgan fingerprint density at radius 1 is 1.23 bits per heavy atom. The van der Waals surface area contributed by atoms with Gasteiger partial charge in [-0.3, -0.25) is 4.79 Å². The predicted molar refractivity (Wildman–Crippen MR) is 82.3 cm³/mol. The monoisotopic (exact) mass is 299 g/mol. The topological polar surface area (TPSA) is 63.7 Å². The molecule has 2 aromatic rings. The number of hydrogen-bond acceptors (Lipinski definition) is 5. The van der Waals surface area contributed by atoms with Gasteiger partial charge in [0.15, 0.2) is 11.5 Å². The lowest BCUT2D eigenvalue weighted by atomic mass is 10.2. The Morgan fingerprint density at radius 2 is 2.05 bits per heavy atom. The molecule has 1 aromatic heterocycles. The average molecular weight is 299 g/mol. The molecule has 0 radical (unpaired) electrons. The van der Waals surface area contributed by atoms with Gasteiger partial charge in [0.25, 0.3) is 5.91 Å². The van der Waals surface area contributed by atoms with Gasteiger partial charge in [-0.2, -0.15) is 0 Å². The van der Waals surface area contributed by atoms with Crippen molar-refractivity contribution in [1.29, 1.82) is 0 Å². The Kier molecular flexibility index (Phi) is 3.82. The van der Waals surface area contributed by atoms with Crippen molar-refractivity contribution in [2.45, 2.75) is 6.54 Å². The van der Waals surface area contributed by atoms with Gasteiger partial charge in [0, 0.05) is 26.8 Å². The largest absolute Gasteiger partial charge is 0.454 e. The first kappa shape index (κ1) is 14.2. The maximum absolute atomic E-state index is 12.1. The number of rotatable bonds is 4. The van der Waals surface area contributed by atoms with Crippen molar-refractivity contribution >= 4 is 11.7 Å². The van der Waals surface area contributed by atoms with Crippen LogP contribution in [0.2, 0.25) is 0 Å². The van der Waals surface area contributed by atoms with Gasteiger partial charge < -0.3 is 19.7 Å². The summed E-state index contributed by atoms with van der Waals surface area (Å²) in [4.78, 5) is 18.2. The Hall–Kier alpha value is -2.76. The van der Waals surface area contributed by atoms with Crippen molar-refractivity contribution < 1.29 is 14.3 Å². The van der Waals surface area contributed by atoms with Gasteiger partial charge in [-0.05, 0) is 29.8 Å². The van der Waals surface area contributed by atoms with Crippen molar-refractivity contribution in [3.63, 3.8) is 0 Å². The minimum atomic E-state index is -0.157. The van der Waals surface area contributed by atoms with E-state index in [0.717, 1.165) is 17.1 Å². The highest BCUT2D eigenvalue weighted by Crippen LogP contribution is 2.32. The van der Waals surface area contributed by atoms with Crippen LogP contribution < -0.4 is 19.7 Å². The second-order valence-electron chi connectivity index (χ2n) is 5.17. The smallest absolute Gasteiger partial charge is 0.253 e. The van der Waals surface area contributed by atoms with E-state index in [1.807, 2.05) is 43.3 Å². The van der Waals surface area contributed by atoms with E-state index >= 15 is 0 Å². The third-order valence-electron chi connectivity index (χ3n) is 3.36. The molecule has 0 saturated heterocycles. The first-order valence-electron chi connectivity index (χ1n) is 6.93. The van der Waals surface area contributed by atoms with Crippen LogP contribution in [0.15, 0.2) is 36.5 Å². The lowest BCUT2D eigenvalue weighted by molar-refractivity contribution is 0.0950. The van der Waals surface area contributed by atoms with Crippen LogP contribution in [0.1, 0.15) is 15.9 Å². The molecule has 6 nitrogen and oxygen atoms in total. The Labute approximate surface area is 128 Å². The minimum absolute atomic E-state index is 0.157. The number of fused-ring (bicyclic) bond motifs is 1. The standard InChI is InChI=1S/C16H17N3O3/c1-19(2)15-6-4-12(9-17-15)16(20)18-8-11-3-5-13-14(7-11)22-10-21-13/h3-7,9H,8,10H2,1-2H3,(H,18,20). The maximum atomic E-state index is 12.1. The van der Waals surface area contributed by atoms with E-state index in [4.69, 9.17) is 9.47 Å². The number of anilines is 1. The Bertz CT molecular complexity index is 684. The molecule has 0 atom stereocenters. The summed E-state index contributed by atoms with van der Waals surface area (Å²) in [5.74, 6) is 2.10. The number of nitrogens with zero attached hydrogens (tertiary/aromatic N) is 2. The van der Waals surface area contributed by atoms with Crippen molar-refractivity contribution in [2.75, 3.05) is 25.8 Å². The normalized spacial score (nSPS) is 12.1. The number of aromatic nitrogens is 1. The lowest BCUT2D eigenvalue weighted by Gasteiger charge is -2.11. The van der Waals surface area contributed by atoms with Crippen molar-refractivity contribution in [3.05, 3.63) is 47.7 Å². The second kappa shape index (κ2) is 5.93. The number of nitrogens with one attached hydrogen (secondary N) is 1. The molecule has 114 valence electrons. The van der Waals surface area contributed by atoms with Crippen LogP contribution in [-0.2, 0) is 6.54 Å². The number of carbonyl (C=O) groups excluding carboxylic acids is 1. The molecule has 1 aromatic carbocycles. The van der Waals surface area contributed by atoms with Crippen LogP contribution in [0.25, 0.3) is 0 Å². The fraction of sp³-hybridized carbons (Fsp3) is 0.250. The molecule has 1 amide bonds. The molecule has 0 bridgehead atoms. The van der Waals surface area contributed by atoms with E-state index in [2.05, 4.69) is 10.3 Å². The summed E-state index contributed by atoms with van der Waals surface area (Å²) in [7, 11) is 3.81. The van der Waals surface area contributed by atoms with Gasteiger partial charge in [0.05, 0.1) is 5.56 Å². The van der Waals surface area contributed by atoms with Crippen LogP contribution in [0, 0.1) is 0 Å². The van der Waals surface area contributed by atoms with E-state index in [0.29, 0.717) is 17.9 Å². The molecule has 1 N–H and O–H groups in total. The zero-order chi connectivity index (χ0) is 15.5. The van der Waals surface area contributed by atoms with Crippen molar-refractivity contribution in [3.8, 4) is 11.5 Å². The van der Waals surface area contributed by atoms with Crippen LogP contribution in [0.3, 0.4) is 0 Å². The van der Waals surface area contributed by atoms with Gasteiger partial charge in [0.1, 0.15) is 5.82 Å². The van der Waals surface area contributed by atoms with E-state index in [1.54, 1.807) is 12.3 Å². The number of amides is 1. The van der Waals surface area contributed by atoms with Gasteiger partial charge in [-0.25, -0.2) is 4.98 Å². The molecule has 3 rings (SSSR count). The molecule has 0 unspecified atom stereocenters. The molecular formula is C16H17N3O3. The highest BCUT2D eigenvalue weighted by Gasteiger charge is 2.13. The number of pyridine rings is 1. The molecule has 0 saturated carbocycles. The zero-order valence-electron chi connectivity index (χ0n) is 12.5. The highest BCUT2D eigenvalue weighted by molar-refractivity contribution is 5.94. The molecule has 1 aliphatic heterocycles. The van der Waals surface area contributed by atoms with Gasteiger partial charge in [-0.15, -0.1) is 0 Å². The van der Waals surface area contributed by atoms with Crippen LogP contribution >= 0.6 is 0 Å². The first-order chi connectivity index (χ1) is 10.6. The number of benzene rings is 1. The fourth-order valence-corrected chi connectivity index (χ4v) is 2.12. The Morgan fingerprint density at radius 3 is 2.77 bits per heavy atom. The molecule has 0 fully saturated rings. The number of hydrogen-bond donors (Lipinski definition) is 1. The van der Waals surface area contributed by atoms with Gasteiger partial charge in [0.2, 0.25) is 6.79 Å². The molecule has 6 heteroatoms. The molecule has 22 heavy (non-hydrogen) atoms. The average Bonchev–Trinajstić information content (AvgIpc) is 3.00. The summed E-state index contributed by atoms with van der Waals surface area (Å²) in [6.07, 6.45) is 1.57. The summed E-state index contributed by atoms with van der Waals surface area (Å²) in [6, 6.07) is 9.20. The summed E-state index contributed by atoms with van der Waals surface area (Å²) < 4.78 is 10.6. The fourth-order valence-electron chi connectivity index (χ4n) is 2.12. The molecule has 1 aliphatic rings. The van der Waals surface area contributed by atoms with E-state index < -0.39 is 0 Å². The summed E-state index contributed by atoms with van der Waals surface area (Å²) in [5, 5.41) is 2.87. The van der Waals surface area contributed by atoms with Crippen LogP contribution in [-0.4, -0.2) is 31.8 Å². The highest BCUT2D eigenvalue weighted by atomic mass is 16.7.